The van der Waals surface area contributed by atoms with E-state index >= 15 is 0 Å². The average Bonchev–Trinajstić information content (AvgIpc) is 2.44. The lowest BCUT2D eigenvalue weighted by Gasteiger charge is -1.91. The normalized spacial score (nSPS) is 13.6. The monoisotopic (exact) mass is 133 g/mol. The largest absolute Gasteiger partial charge is 0.327 e. The number of allylic oxidation sites excluding steroid dienone is 1. The third kappa shape index (κ3) is 0.559. The molecule has 0 saturated heterocycles. The molecule has 0 aromatic carbocycles. The standard InChI is InChI=1S/C8H7NO/c10-6-7-3-5-9-4-1-2-8(7)9/h1,3-6H,2H2. The van der Waals surface area contributed by atoms with E-state index in [1.807, 2.05) is 29.1 Å². The van der Waals surface area contributed by atoms with Crippen molar-refractivity contribution in [3.8, 4) is 0 Å². The topological polar surface area (TPSA) is 22.0 Å². The molecule has 0 atom stereocenters. The van der Waals surface area contributed by atoms with Gasteiger partial charge in [0, 0.05) is 30.1 Å². The van der Waals surface area contributed by atoms with Crippen LogP contribution < -0.4 is 0 Å². The molecule has 2 nitrogen and oxygen atoms in total. The maximum absolute atomic E-state index is 10.4. The van der Waals surface area contributed by atoms with Gasteiger partial charge in [-0.25, -0.2) is 0 Å². The Morgan fingerprint density at radius 2 is 2.50 bits per heavy atom. The maximum Gasteiger partial charge on any atom is 0.151 e. The summed E-state index contributed by atoms with van der Waals surface area (Å²) in [5, 5.41) is 0. The Hall–Kier alpha value is -1.31. The first-order valence-corrected chi connectivity index (χ1v) is 3.23. The number of hydrogen-bond donors (Lipinski definition) is 0. The van der Waals surface area contributed by atoms with Gasteiger partial charge in [0.05, 0.1) is 0 Å². The fraction of sp³-hybridized carbons (Fsp3) is 0.125. The van der Waals surface area contributed by atoms with Gasteiger partial charge in [-0.15, -0.1) is 0 Å². The van der Waals surface area contributed by atoms with Crippen LogP contribution in [0.1, 0.15) is 16.1 Å². The number of carbonyl (C=O) groups is 1. The van der Waals surface area contributed by atoms with Crippen molar-refractivity contribution in [3.63, 3.8) is 0 Å². The number of aromatic nitrogens is 1. The number of fused-ring (bicyclic) bond motifs is 1. The number of hydrogen-bond acceptors (Lipinski definition) is 1. The van der Waals surface area contributed by atoms with Crippen LogP contribution >= 0.6 is 0 Å². The van der Waals surface area contributed by atoms with E-state index in [9.17, 15) is 4.79 Å². The van der Waals surface area contributed by atoms with E-state index in [1.54, 1.807) is 0 Å². The van der Waals surface area contributed by atoms with Crippen LogP contribution in [0.15, 0.2) is 18.3 Å². The van der Waals surface area contributed by atoms with Gasteiger partial charge in [-0.05, 0) is 6.07 Å². The fourth-order valence-electron chi connectivity index (χ4n) is 1.24. The van der Waals surface area contributed by atoms with Crippen LogP contribution in [-0.4, -0.2) is 10.9 Å². The van der Waals surface area contributed by atoms with Gasteiger partial charge in [-0.1, -0.05) is 6.08 Å². The molecule has 0 aliphatic carbocycles. The molecule has 0 spiro atoms. The molecule has 2 rings (SSSR count). The number of carbonyl (C=O) groups excluding carboxylic acids is 1. The van der Waals surface area contributed by atoms with Crippen molar-refractivity contribution in [1.29, 1.82) is 0 Å². The lowest BCUT2D eigenvalue weighted by Crippen LogP contribution is -1.88. The Labute approximate surface area is 58.8 Å². The third-order valence-electron chi connectivity index (χ3n) is 1.76. The van der Waals surface area contributed by atoms with Gasteiger partial charge in [0.2, 0.25) is 0 Å². The van der Waals surface area contributed by atoms with Crippen molar-refractivity contribution in [3.05, 3.63) is 29.6 Å². The maximum atomic E-state index is 10.4. The van der Waals surface area contributed by atoms with Crippen LogP contribution in [0.2, 0.25) is 0 Å². The van der Waals surface area contributed by atoms with Gasteiger partial charge in [-0.3, -0.25) is 4.79 Å². The quantitative estimate of drug-likeness (QED) is 0.530. The van der Waals surface area contributed by atoms with Crippen molar-refractivity contribution < 1.29 is 4.79 Å². The Kier molecular flexibility index (Phi) is 1.01. The summed E-state index contributed by atoms with van der Waals surface area (Å²) < 4.78 is 1.98. The first-order chi connectivity index (χ1) is 4.92. The molecule has 50 valence electrons. The lowest BCUT2D eigenvalue weighted by molar-refractivity contribution is 0.112. The van der Waals surface area contributed by atoms with E-state index < -0.39 is 0 Å². The number of rotatable bonds is 1. The van der Waals surface area contributed by atoms with E-state index in [-0.39, 0.29) is 0 Å². The summed E-state index contributed by atoms with van der Waals surface area (Å²) in [6, 6.07) is 1.84. The Bertz CT molecular complexity index is 296. The van der Waals surface area contributed by atoms with E-state index in [2.05, 4.69) is 0 Å². The zero-order valence-corrected chi connectivity index (χ0v) is 5.45. The second-order valence-electron chi connectivity index (χ2n) is 2.33. The minimum atomic E-state index is 0.810. The summed E-state index contributed by atoms with van der Waals surface area (Å²) in [5.74, 6) is 0. The Morgan fingerprint density at radius 1 is 1.60 bits per heavy atom. The minimum absolute atomic E-state index is 0.810. The highest BCUT2D eigenvalue weighted by molar-refractivity contribution is 5.78. The highest BCUT2D eigenvalue weighted by atomic mass is 16.1. The van der Waals surface area contributed by atoms with Crippen LogP contribution in [-0.2, 0) is 6.42 Å². The summed E-state index contributed by atoms with van der Waals surface area (Å²) in [5.41, 5.74) is 1.92. The molecule has 0 saturated carbocycles. The van der Waals surface area contributed by atoms with Crippen LogP contribution in [0, 0.1) is 0 Å². The molecular formula is C8H7NO. The van der Waals surface area contributed by atoms with Crippen LogP contribution in [0.25, 0.3) is 6.20 Å². The molecule has 1 aromatic rings. The first kappa shape index (κ1) is 5.47. The molecule has 0 N–H and O–H groups in total. The van der Waals surface area contributed by atoms with Gasteiger partial charge in [0.15, 0.2) is 6.29 Å². The van der Waals surface area contributed by atoms with Crippen molar-refractivity contribution in [2.45, 2.75) is 6.42 Å². The van der Waals surface area contributed by atoms with E-state index in [0.717, 1.165) is 24.0 Å². The Balaban J connectivity index is 2.60. The minimum Gasteiger partial charge on any atom is -0.327 e. The predicted octanol–water partition coefficient (Wildman–Crippen LogP) is 1.33. The summed E-state index contributed by atoms with van der Waals surface area (Å²) in [6.07, 6.45) is 7.72. The molecule has 0 amide bonds. The van der Waals surface area contributed by atoms with Crippen molar-refractivity contribution in [2.75, 3.05) is 0 Å². The Morgan fingerprint density at radius 3 is 3.30 bits per heavy atom. The first-order valence-electron chi connectivity index (χ1n) is 3.23. The zero-order chi connectivity index (χ0) is 6.97. The van der Waals surface area contributed by atoms with Crippen LogP contribution in [0.5, 0.6) is 0 Å². The molecule has 0 bridgehead atoms. The summed E-state index contributed by atoms with van der Waals surface area (Å²) >= 11 is 0. The van der Waals surface area contributed by atoms with E-state index in [4.69, 9.17) is 0 Å². The third-order valence-corrected chi connectivity index (χ3v) is 1.76. The van der Waals surface area contributed by atoms with Gasteiger partial charge < -0.3 is 4.57 Å². The molecule has 10 heavy (non-hydrogen) atoms. The van der Waals surface area contributed by atoms with Crippen molar-refractivity contribution in [2.24, 2.45) is 0 Å². The number of nitrogens with zero attached hydrogens (tertiary/aromatic N) is 1. The molecule has 1 aliphatic heterocycles. The molecule has 2 heterocycles. The highest BCUT2D eigenvalue weighted by Gasteiger charge is 2.08. The van der Waals surface area contributed by atoms with Gasteiger partial charge in [0.25, 0.3) is 0 Å². The second kappa shape index (κ2) is 1.84. The smallest absolute Gasteiger partial charge is 0.151 e. The SMILES string of the molecule is O=Cc1ccn2c1CC=C2. The molecule has 1 aromatic heterocycles. The van der Waals surface area contributed by atoms with Gasteiger partial charge in [0.1, 0.15) is 0 Å². The number of aldehydes is 1. The van der Waals surface area contributed by atoms with Gasteiger partial charge in [-0.2, -0.15) is 0 Å². The van der Waals surface area contributed by atoms with Crippen molar-refractivity contribution >= 4 is 12.5 Å². The molecule has 2 heteroatoms. The van der Waals surface area contributed by atoms with Crippen molar-refractivity contribution in [1.82, 2.24) is 4.57 Å². The van der Waals surface area contributed by atoms with E-state index in [0.29, 0.717) is 0 Å². The summed E-state index contributed by atoms with van der Waals surface area (Å²) in [6.45, 7) is 0. The fourth-order valence-corrected chi connectivity index (χ4v) is 1.24. The van der Waals surface area contributed by atoms with E-state index in [1.165, 1.54) is 0 Å². The average molecular weight is 133 g/mol. The molecule has 0 unspecified atom stereocenters. The van der Waals surface area contributed by atoms with Crippen LogP contribution in [0.3, 0.4) is 0 Å². The summed E-state index contributed by atoms with van der Waals surface area (Å²) in [4.78, 5) is 10.4. The van der Waals surface area contributed by atoms with Crippen LogP contribution in [0.4, 0.5) is 0 Å². The molecule has 0 fully saturated rings. The highest BCUT2D eigenvalue weighted by Crippen LogP contribution is 2.15. The molecule has 0 radical (unpaired) electrons. The van der Waals surface area contributed by atoms with Gasteiger partial charge >= 0.3 is 0 Å². The zero-order valence-electron chi connectivity index (χ0n) is 5.45. The molecular weight excluding hydrogens is 126 g/mol. The lowest BCUT2D eigenvalue weighted by atomic mass is 10.2. The summed E-state index contributed by atoms with van der Waals surface area (Å²) in [7, 11) is 0. The molecule has 1 aliphatic rings. The second-order valence-corrected chi connectivity index (χ2v) is 2.33. The predicted molar refractivity (Wildman–Crippen MR) is 38.9 cm³/mol.